The molecule has 4 nitrogen and oxygen atoms in total. The maximum absolute atomic E-state index is 5.91. The zero-order valence-corrected chi connectivity index (χ0v) is 12.6. The number of rotatable bonds is 4. The number of pyridine rings is 1. The van der Waals surface area contributed by atoms with Gasteiger partial charge < -0.3 is 15.0 Å². The molecule has 1 saturated carbocycles. The molecule has 110 valence electrons. The predicted molar refractivity (Wildman–Crippen MR) is 81.1 cm³/mol. The van der Waals surface area contributed by atoms with E-state index in [1.54, 1.807) is 0 Å². The third kappa shape index (κ3) is 2.67. The lowest BCUT2D eigenvalue weighted by Gasteiger charge is -2.38. The highest BCUT2D eigenvalue weighted by atomic mass is 16.5. The first-order chi connectivity index (χ1) is 9.81. The summed E-state index contributed by atoms with van der Waals surface area (Å²) in [6.07, 6.45) is 5.14. The van der Waals surface area contributed by atoms with Gasteiger partial charge in [0, 0.05) is 18.8 Å². The second kappa shape index (κ2) is 6.10. The highest BCUT2D eigenvalue weighted by Crippen LogP contribution is 2.32. The van der Waals surface area contributed by atoms with E-state index in [-0.39, 0.29) is 0 Å². The molecule has 4 heteroatoms. The third-order valence-electron chi connectivity index (χ3n) is 4.44. The van der Waals surface area contributed by atoms with Crippen molar-refractivity contribution in [2.75, 3.05) is 25.1 Å². The number of aromatic nitrogens is 1. The molecule has 3 rings (SSSR count). The van der Waals surface area contributed by atoms with Gasteiger partial charge in [-0.15, -0.1) is 0 Å². The van der Waals surface area contributed by atoms with Crippen LogP contribution in [0, 0.1) is 0 Å². The van der Waals surface area contributed by atoms with E-state index in [4.69, 9.17) is 9.72 Å². The quantitative estimate of drug-likeness (QED) is 0.913. The Kier molecular flexibility index (Phi) is 4.22. The van der Waals surface area contributed by atoms with Gasteiger partial charge in [0.2, 0.25) is 0 Å². The van der Waals surface area contributed by atoms with E-state index in [2.05, 4.69) is 29.3 Å². The van der Waals surface area contributed by atoms with Crippen LogP contribution < -0.4 is 10.2 Å². The molecule has 0 radical (unpaired) electrons. The Bertz CT molecular complexity index is 463. The van der Waals surface area contributed by atoms with Gasteiger partial charge >= 0.3 is 0 Å². The first kappa shape index (κ1) is 13.8. The molecular formula is C16H25N3O. The summed E-state index contributed by atoms with van der Waals surface area (Å²) in [7, 11) is 1.99. The van der Waals surface area contributed by atoms with Gasteiger partial charge in [0.05, 0.1) is 18.8 Å². The van der Waals surface area contributed by atoms with Crippen molar-refractivity contribution in [3.8, 4) is 0 Å². The fraction of sp³-hybridized carbons (Fsp3) is 0.688. The van der Waals surface area contributed by atoms with Crippen LogP contribution in [0.4, 0.5) is 5.82 Å². The summed E-state index contributed by atoms with van der Waals surface area (Å²) < 4.78 is 5.91. The molecule has 1 N–H and O–H groups in total. The van der Waals surface area contributed by atoms with Crippen LogP contribution in [0.25, 0.3) is 0 Å². The number of nitrogens with zero attached hydrogens (tertiary/aromatic N) is 2. The Morgan fingerprint density at radius 1 is 1.40 bits per heavy atom. The normalized spacial score (nSPS) is 25.8. The maximum atomic E-state index is 5.91. The summed E-state index contributed by atoms with van der Waals surface area (Å²) in [6, 6.07) is 4.99. The first-order valence-electron chi connectivity index (χ1n) is 7.84. The van der Waals surface area contributed by atoms with E-state index in [1.165, 1.54) is 30.5 Å². The zero-order valence-electron chi connectivity index (χ0n) is 12.6. The lowest BCUT2D eigenvalue weighted by Crippen LogP contribution is -2.49. The van der Waals surface area contributed by atoms with Crippen molar-refractivity contribution in [1.82, 2.24) is 10.3 Å². The molecule has 0 bridgehead atoms. The summed E-state index contributed by atoms with van der Waals surface area (Å²) in [5, 5.41) is 3.24. The fourth-order valence-corrected chi connectivity index (χ4v) is 3.48. The minimum atomic E-state index is 0.420. The Balaban J connectivity index is 1.89. The first-order valence-corrected chi connectivity index (χ1v) is 7.84. The number of hydrogen-bond donors (Lipinski definition) is 1. The molecule has 1 saturated heterocycles. The molecule has 0 spiro atoms. The Hall–Kier alpha value is -1.13. The third-order valence-corrected chi connectivity index (χ3v) is 4.44. The summed E-state index contributed by atoms with van der Waals surface area (Å²) in [4.78, 5) is 7.35. The van der Waals surface area contributed by atoms with Crippen molar-refractivity contribution >= 4 is 5.82 Å². The average molecular weight is 275 g/mol. The van der Waals surface area contributed by atoms with Crippen LogP contribution >= 0.6 is 0 Å². The van der Waals surface area contributed by atoms with Crippen LogP contribution in [0.1, 0.15) is 37.4 Å². The molecule has 1 aliphatic carbocycles. The van der Waals surface area contributed by atoms with Crippen LogP contribution in [0.15, 0.2) is 12.1 Å². The average Bonchev–Trinajstić information content (AvgIpc) is 2.95. The van der Waals surface area contributed by atoms with E-state index in [0.717, 1.165) is 31.9 Å². The van der Waals surface area contributed by atoms with E-state index >= 15 is 0 Å². The molecule has 2 fully saturated rings. The predicted octanol–water partition coefficient (Wildman–Crippen LogP) is 2.12. The number of morpholine rings is 1. The minimum absolute atomic E-state index is 0.420. The van der Waals surface area contributed by atoms with Crippen LogP contribution in [-0.4, -0.2) is 37.3 Å². The Morgan fingerprint density at radius 3 is 3.10 bits per heavy atom. The van der Waals surface area contributed by atoms with Crippen LogP contribution in [0.3, 0.4) is 0 Å². The monoisotopic (exact) mass is 275 g/mol. The zero-order chi connectivity index (χ0) is 13.9. The lowest BCUT2D eigenvalue weighted by molar-refractivity contribution is 0.0253. The SMILES string of the molecule is CCc1cc(CNC)cc(N2CCOC3CCCC32)n1. The van der Waals surface area contributed by atoms with Gasteiger partial charge in [0.15, 0.2) is 0 Å². The van der Waals surface area contributed by atoms with Gasteiger partial charge in [0.1, 0.15) is 5.82 Å². The molecule has 1 aromatic heterocycles. The van der Waals surface area contributed by atoms with E-state index < -0.39 is 0 Å². The summed E-state index contributed by atoms with van der Waals surface area (Å²) in [6.45, 7) is 4.88. The smallest absolute Gasteiger partial charge is 0.129 e. The summed E-state index contributed by atoms with van der Waals surface area (Å²) in [5.74, 6) is 1.15. The number of aryl methyl sites for hydroxylation is 1. The van der Waals surface area contributed by atoms with Crippen LogP contribution in [-0.2, 0) is 17.7 Å². The molecule has 20 heavy (non-hydrogen) atoms. The second-order valence-electron chi connectivity index (χ2n) is 5.81. The summed E-state index contributed by atoms with van der Waals surface area (Å²) in [5.41, 5.74) is 2.52. The molecular weight excluding hydrogens is 250 g/mol. The largest absolute Gasteiger partial charge is 0.374 e. The van der Waals surface area contributed by atoms with Crippen molar-refractivity contribution in [3.63, 3.8) is 0 Å². The van der Waals surface area contributed by atoms with Gasteiger partial charge in [0.25, 0.3) is 0 Å². The van der Waals surface area contributed by atoms with E-state index in [9.17, 15) is 0 Å². The van der Waals surface area contributed by atoms with E-state index in [0.29, 0.717) is 12.1 Å². The fourth-order valence-electron chi connectivity index (χ4n) is 3.48. The van der Waals surface area contributed by atoms with E-state index in [1.807, 2.05) is 7.05 Å². The molecule has 2 heterocycles. The van der Waals surface area contributed by atoms with Gasteiger partial charge in [-0.25, -0.2) is 4.98 Å². The van der Waals surface area contributed by atoms with Crippen molar-refractivity contribution < 1.29 is 4.74 Å². The van der Waals surface area contributed by atoms with Gasteiger partial charge in [-0.05, 0) is 50.4 Å². The number of hydrogen-bond acceptors (Lipinski definition) is 4. The molecule has 2 aliphatic rings. The summed E-state index contributed by atoms with van der Waals surface area (Å²) >= 11 is 0. The highest BCUT2D eigenvalue weighted by Gasteiger charge is 2.36. The van der Waals surface area contributed by atoms with Crippen LogP contribution in [0.5, 0.6) is 0 Å². The molecule has 1 aromatic rings. The van der Waals surface area contributed by atoms with Crippen molar-refractivity contribution in [2.45, 2.75) is 51.3 Å². The maximum Gasteiger partial charge on any atom is 0.129 e. The number of anilines is 1. The molecule has 0 aromatic carbocycles. The minimum Gasteiger partial charge on any atom is -0.374 e. The lowest BCUT2D eigenvalue weighted by atomic mass is 10.1. The van der Waals surface area contributed by atoms with Crippen molar-refractivity contribution in [1.29, 1.82) is 0 Å². The highest BCUT2D eigenvalue weighted by molar-refractivity contribution is 5.45. The topological polar surface area (TPSA) is 37.4 Å². The Morgan fingerprint density at radius 2 is 2.30 bits per heavy atom. The molecule has 2 atom stereocenters. The van der Waals surface area contributed by atoms with Gasteiger partial charge in [-0.3, -0.25) is 0 Å². The second-order valence-corrected chi connectivity index (χ2v) is 5.81. The number of nitrogens with one attached hydrogen (secondary N) is 1. The van der Waals surface area contributed by atoms with Gasteiger partial charge in [-0.2, -0.15) is 0 Å². The molecule has 1 aliphatic heterocycles. The molecule has 0 amide bonds. The van der Waals surface area contributed by atoms with Crippen molar-refractivity contribution in [2.24, 2.45) is 0 Å². The molecule has 2 unspecified atom stereocenters. The standard InChI is InChI=1S/C16H25N3O/c1-3-13-9-12(11-17-2)10-16(18-13)19-7-8-20-15-6-4-5-14(15)19/h9-10,14-15,17H,3-8,11H2,1-2H3. The Labute approximate surface area is 121 Å². The van der Waals surface area contributed by atoms with Gasteiger partial charge in [-0.1, -0.05) is 6.92 Å². The number of fused-ring (bicyclic) bond motifs is 1. The number of ether oxygens (including phenoxy) is 1. The van der Waals surface area contributed by atoms with Crippen LogP contribution in [0.2, 0.25) is 0 Å². The van der Waals surface area contributed by atoms with Crippen molar-refractivity contribution in [3.05, 3.63) is 23.4 Å².